The molecule has 3 nitrogen and oxygen atoms in total. The quantitative estimate of drug-likeness (QED) is 0.162. The molecule has 0 unspecified atom stereocenters. The van der Waals surface area contributed by atoms with Crippen LogP contribution in [0.4, 0.5) is 0 Å². The fraction of sp³-hybridized carbons (Fsp3) is 0.955. The number of carbonyl (C=O) groups is 1. The number of hydrogen-bond donors (Lipinski definition) is 1. The Morgan fingerprint density at radius 2 is 1.15 bits per heavy atom. The summed E-state index contributed by atoms with van der Waals surface area (Å²) in [6, 6.07) is 0. The predicted molar refractivity (Wildman–Crippen MR) is 114 cm³/mol. The van der Waals surface area contributed by atoms with Crippen LogP contribution in [0.15, 0.2) is 0 Å². The number of halogens is 1. The molecule has 0 aliphatic rings. The van der Waals surface area contributed by atoms with Crippen LogP contribution < -0.4 is 5.32 Å². The highest BCUT2D eigenvalue weighted by molar-refractivity contribution is 6.18. The van der Waals surface area contributed by atoms with Crippen molar-refractivity contribution in [2.75, 3.05) is 19.0 Å². The molecule has 0 saturated heterocycles. The Morgan fingerprint density at radius 1 is 0.731 bits per heavy atom. The van der Waals surface area contributed by atoms with E-state index in [1.165, 1.54) is 70.6 Å². The maximum Gasteiger partial charge on any atom is 0.306 e. The molecule has 4 heteroatoms. The lowest BCUT2D eigenvalue weighted by Crippen LogP contribution is -2.23. The molecule has 0 aromatic heterocycles. The highest BCUT2D eigenvalue weighted by Gasteiger charge is 2.15. The summed E-state index contributed by atoms with van der Waals surface area (Å²) >= 11 is 5.62. The minimum atomic E-state index is -0.349. The molecule has 0 aromatic rings. The Morgan fingerprint density at radius 3 is 1.58 bits per heavy atom. The number of unbranched alkanes of at least 4 members (excludes halogenated alkanes) is 12. The van der Waals surface area contributed by atoms with E-state index in [-0.39, 0.29) is 11.6 Å². The molecule has 0 aliphatic heterocycles. The van der Waals surface area contributed by atoms with E-state index in [9.17, 15) is 4.79 Å². The standard InChI is InChI=1S/C22H44ClNO2/c1-22(2,3)26-21(25)17-15-13-11-9-7-5-4-6-8-10-12-14-16-19-24-20-18-23/h24H,4-20H2,1-3H3. The van der Waals surface area contributed by atoms with Gasteiger partial charge in [-0.15, -0.1) is 11.6 Å². The van der Waals surface area contributed by atoms with Crippen molar-refractivity contribution >= 4 is 17.6 Å². The molecular weight excluding hydrogens is 346 g/mol. The van der Waals surface area contributed by atoms with Crippen LogP contribution in [0, 0.1) is 0 Å². The van der Waals surface area contributed by atoms with E-state index in [1.807, 2.05) is 20.8 Å². The Hall–Kier alpha value is -0.280. The molecule has 0 radical (unpaired) electrons. The number of carbonyl (C=O) groups excluding carboxylic acids is 1. The third kappa shape index (κ3) is 21.8. The Bertz CT molecular complexity index is 316. The van der Waals surface area contributed by atoms with Gasteiger partial charge in [-0.1, -0.05) is 70.6 Å². The van der Waals surface area contributed by atoms with Gasteiger partial charge in [-0.2, -0.15) is 0 Å². The number of esters is 1. The number of nitrogens with one attached hydrogen (secondary N) is 1. The second-order valence-corrected chi connectivity index (χ2v) is 8.75. The first-order chi connectivity index (χ1) is 12.5. The van der Waals surface area contributed by atoms with Gasteiger partial charge in [-0.3, -0.25) is 4.79 Å². The normalized spacial score (nSPS) is 11.7. The van der Waals surface area contributed by atoms with Crippen LogP contribution in [-0.2, 0) is 9.53 Å². The lowest BCUT2D eigenvalue weighted by molar-refractivity contribution is -0.154. The van der Waals surface area contributed by atoms with Gasteiger partial charge in [-0.05, 0) is 40.2 Å². The predicted octanol–water partition coefficient (Wildman–Crippen LogP) is 6.62. The van der Waals surface area contributed by atoms with Crippen molar-refractivity contribution in [3.63, 3.8) is 0 Å². The summed E-state index contributed by atoms with van der Waals surface area (Å²) in [7, 11) is 0. The van der Waals surface area contributed by atoms with Crippen LogP contribution in [0.1, 0.15) is 111 Å². The average Bonchev–Trinajstić information content (AvgIpc) is 2.56. The number of alkyl halides is 1. The van der Waals surface area contributed by atoms with Gasteiger partial charge >= 0.3 is 5.97 Å². The van der Waals surface area contributed by atoms with E-state index in [4.69, 9.17) is 16.3 Å². The summed E-state index contributed by atoms with van der Waals surface area (Å²) in [5.41, 5.74) is -0.349. The summed E-state index contributed by atoms with van der Waals surface area (Å²) in [5.74, 6) is 0.663. The van der Waals surface area contributed by atoms with Crippen molar-refractivity contribution in [3.05, 3.63) is 0 Å². The van der Waals surface area contributed by atoms with Gasteiger partial charge in [0.05, 0.1) is 0 Å². The van der Waals surface area contributed by atoms with Gasteiger partial charge in [0, 0.05) is 18.8 Å². The molecule has 0 heterocycles. The molecule has 0 fully saturated rings. The van der Waals surface area contributed by atoms with Crippen molar-refractivity contribution in [1.29, 1.82) is 0 Å². The molecule has 26 heavy (non-hydrogen) atoms. The van der Waals surface area contributed by atoms with Gasteiger partial charge in [0.1, 0.15) is 5.60 Å². The maximum atomic E-state index is 11.6. The summed E-state index contributed by atoms with van der Waals surface area (Å²) in [6.07, 6.45) is 17.5. The average molecular weight is 390 g/mol. The zero-order valence-corrected chi connectivity index (χ0v) is 18.5. The molecule has 0 rings (SSSR count). The van der Waals surface area contributed by atoms with Crippen LogP contribution in [0.5, 0.6) is 0 Å². The molecule has 1 N–H and O–H groups in total. The topological polar surface area (TPSA) is 38.3 Å². The van der Waals surface area contributed by atoms with E-state index < -0.39 is 0 Å². The molecule has 0 aromatic carbocycles. The number of ether oxygens (including phenoxy) is 1. The van der Waals surface area contributed by atoms with E-state index in [0.717, 1.165) is 25.9 Å². The van der Waals surface area contributed by atoms with E-state index >= 15 is 0 Å². The van der Waals surface area contributed by atoms with Gasteiger partial charge in [0.2, 0.25) is 0 Å². The van der Waals surface area contributed by atoms with Crippen molar-refractivity contribution in [2.24, 2.45) is 0 Å². The summed E-state index contributed by atoms with van der Waals surface area (Å²) in [5, 5.41) is 3.34. The first-order valence-corrected chi connectivity index (χ1v) is 11.5. The maximum absolute atomic E-state index is 11.6. The second kappa shape index (κ2) is 18.1. The van der Waals surface area contributed by atoms with Crippen LogP contribution in [-0.4, -0.2) is 30.5 Å². The monoisotopic (exact) mass is 389 g/mol. The lowest BCUT2D eigenvalue weighted by atomic mass is 10.0. The van der Waals surface area contributed by atoms with Crippen LogP contribution in [0.2, 0.25) is 0 Å². The Balaban J connectivity index is 3.12. The largest absolute Gasteiger partial charge is 0.460 e. The molecule has 0 bridgehead atoms. The Kier molecular flexibility index (Phi) is 17.9. The highest BCUT2D eigenvalue weighted by Crippen LogP contribution is 2.14. The summed E-state index contributed by atoms with van der Waals surface area (Å²) in [6.45, 7) is 7.82. The van der Waals surface area contributed by atoms with E-state index in [0.29, 0.717) is 12.3 Å². The molecule has 0 saturated carbocycles. The Labute approximate surface area is 168 Å². The third-order valence-corrected chi connectivity index (χ3v) is 4.61. The van der Waals surface area contributed by atoms with Gasteiger partial charge in [0.15, 0.2) is 0 Å². The minimum absolute atomic E-state index is 0.0518. The SMILES string of the molecule is CC(C)(C)OC(=O)CCCCCCCCCCCCCCCNCCCl. The number of rotatable bonds is 18. The van der Waals surface area contributed by atoms with Gasteiger partial charge < -0.3 is 10.1 Å². The second-order valence-electron chi connectivity index (χ2n) is 8.37. The fourth-order valence-corrected chi connectivity index (χ4v) is 3.18. The van der Waals surface area contributed by atoms with Crippen LogP contribution >= 0.6 is 11.6 Å². The van der Waals surface area contributed by atoms with Crippen molar-refractivity contribution in [3.8, 4) is 0 Å². The molecule has 0 atom stereocenters. The summed E-state index contributed by atoms with van der Waals surface area (Å²) in [4.78, 5) is 11.6. The third-order valence-electron chi connectivity index (χ3n) is 4.43. The lowest BCUT2D eigenvalue weighted by Gasteiger charge is -2.19. The van der Waals surface area contributed by atoms with E-state index in [2.05, 4.69) is 5.32 Å². The zero-order valence-electron chi connectivity index (χ0n) is 17.7. The smallest absolute Gasteiger partial charge is 0.306 e. The van der Waals surface area contributed by atoms with Crippen LogP contribution in [0.25, 0.3) is 0 Å². The first-order valence-electron chi connectivity index (χ1n) is 10.9. The highest BCUT2D eigenvalue weighted by atomic mass is 35.5. The molecular formula is C22H44ClNO2. The van der Waals surface area contributed by atoms with Crippen molar-refractivity contribution < 1.29 is 9.53 Å². The van der Waals surface area contributed by atoms with Gasteiger partial charge in [-0.25, -0.2) is 0 Å². The molecule has 0 aliphatic carbocycles. The van der Waals surface area contributed by atoms with Crippen LogP contribution in [0.3, 0.4) is 0 Å². The molecule has 0 amide bonds. The summed E-state index contributed by atoms with van der Waals surface area (Å²) < 4.78 is 5.32. The zero-order chi connectivity index (χ0) is 19.5. The van der Waals surface area contributed by atoms with E-state index in [1.54, 1.807) is 0 Å². The first kappa shape index (κ1) is 25.7. The van der Waals surface area contributed by atoms with Crippen molar-refractivity contribution in [2.45, 2.75) is 116 Å². The van der Waals surface area contributed by atoms with Crippen molar-refractivity contribution in [1.82, 2.24) is 5.32 Å². The number of hydrogen-bond acceptors (Lipinski definition) is 3. The molecule has 156 valence electrons. The minimum Gasteiger partial charge on any atom is -0.460 e. The molecule has 0 spiro atoms. The fourth-order valence-electron chi connectivity index (χ4n) is 3.05. The van der Waals surface area contributed by atoms with Gasteiger partial charge in [0.25, 0.3) is 0 Å².